The van der Waals surface area contributed by atoms with E-state index in [1.807, 2.05) is 11.3 Å². The van der Waals surface area contributed by atoms with Crippen LogP contribution in [0.15, 0.2) is 260 Å². The van der Waals surface area contributed by atoms with Crippen LogP contribution in [0.3, 0.4) is 0 Å². The van der Waals surface area contributed by atoms with Crippen LogP contribution in [0.2, 0.25) is 0 Å². The molecule has 102 heavy (non-hydrogen) atoms. The monoisotopic (exact) mass is 1340 g/mol. The van der Waals surface area contributed by atoms with Crippen LogP contribution in [0.25, 0.3) is 88.9 Å². The van der Waals surface area contributed by atoms with Gasteiger partial charge in [-0.15, -0.1) is 11.3 Å². The van der Waals surface area contributed by atoms with E-state index in [-0.39, 0.29) is 46.2 Å². The Morgan fingerprint density at radius 1 is 0.480 bits per heavy atom. The molecular formula is C97H84BN3S. The van der Waals surface area contributed by atoms with Crippen molar-refractivity contribution in [2.24, 2.45) is 0 Å². The van der Waals surface area contributed by atoms with E-state index in [0.29, 0.717) is 16.8 Å². The third-order valence-corrected chi connectivity index (χ3v) is 24.0. The van der Waals surface area contributed by atoms with Gasteiger partial charge in [-0.05, 0) is 184 Å². The van der Waals surface area contributed by atoms with Crippen molar-refractivity contribution in [3.8, 4) is 50.2 Å². The number of fused-ring (bicyclic) bond motifs is 10. The molecule has 0 saturated heterocycles. The number of hydrogen-bond acceptors (Lipinski definition) is 3. The van der Waals surface area contributed by atoms with Gasteiger partial charge < -0.3 is 14.4 Å². The summed E-state index contributed by atoms with van der Waals surface area (Å²) in [5, 5.41) is 2.18. The van der Waals surface area contributed by atoms with Crippen molar-refractivity contribution < 1.29 is 4.11 Å². The largest absolute Gasteiger partial charge is 0.312 e. The molecule has 0 bridgehead atoms. The second-order valence-electron chi connectivity index (χ2n) is 33.3. The van der Waals surface area contributed by atoms with Crippen molar-refractivity contribution >= 4 is 107 Å². The van der Waals surface area contributed by atoms with Crippen LogP contribution >= 0.6 is 11.3 Å². The number of hydrogen-bond donors (Lipinski definition) is 0. The highest BCUT2D eigenvalue weighted by Crippen LogP contribution is 2.60. The fourth-order valence-electron chi connectivity index (χ4n) is 17.6. The van der Waals surface area contributed by atoms with E-state index in [1.165, 1.54) is 50.1 Å². The molecule has 19 rings (SSSR count). The molecule has 0 spiro atoms. The van der Waals surface area contributed by atoms with Gasteiger partial charge in [0.15, 0.2) is 0 Å². The first-order valence-electron chi connectivity index (χ1n) is 38.1. The van der Waals surface area contributed by atoms with Gasteiger partial charge in [-0.1, -0.05) is 283 Å². The summed E-state index contributed by atoms with van der Waals surface area (Å²) in [6.07, 6.45) is 15.1. The summed E-state index contributed by atoms with van der Waals surface area (Å²) in [5.41, 5.74) is 30.9. The topological polar surface area (TPSA) is 11.4 Å². The quantitative estimate of drug-likeness (QED) is 0.147. The van der Waals surface area contributed by atoms with Crippen molar-refractivity contribution in [1.82, 2.24) is 4.57 Å². The maximum atomic E-state index is 12.0. The van der Waals surface area contributed by atoms with Crippen molar-refractivity contribution in [2.45, 2.75) is 123 Å². The van der Waals surface area contributed by atoms with Gasteiger partial charge in [0.05, 0.1) is 26.7 Å². The zero-order chi connectivity index (χ0) is 72.2. The van der Waals surface area contributed by atoms with Gasteiger partial charge in [-0.25, -0.2) is 0 Å². The summed E-state index contributed by atoms with van der Waals surface area (Å²) in [6, 6.07) is 79.3. The summed E-state index contributed by atoms with van der Waals surface area (Å²) in [5.74, 6) is -0.137. The molecule has 0 saturated carbocycles. The van der Waals surface area contributed by atoms with E-state index in [9.17, 15) is 4.11 Å². The lowest BCUT2D eigenvalue weighted by molar-refractivity contribution is 0.590. The van der Waals surface area contributed by atoms with Gasteiger partial charge in [0.1, 0.15) is 0 Å². The van der Waals surface area contributed by atoms with Crippen LogP contribution in [-0.4, -0.2) is 11.3 Å². The standard InChI is InChI=1S/C97H84BN3S/c1-94(2,3)66-43-46-72-84(56-66)102-93-92(72)101(91-76(60-32-21-15-22-33-60)52-68(96(7,8)9)53-77(91)61-34-23-16-24-35-61)83-55-69(97(10,11)12)54-82-88(83)98(93)79-47-44-70(57-81(79)100(82)90-74(58-28-17-13-18-29-58)50-67(95(4,5)6)51-75(90)59-30-19-14-20-31-59)99-80-39-26-25-38-71(80)78-49-65-48-64-37-27-36-62-40-41-63-42-45-73(89(78)99)86(65)87(63)85(62)64/h13-35,37-57,73,86H,36H2,1-12H3/i44D,47D,57D. The Morgan fingerprint density at radius 3 is 1.58 bits per heavy atom. The lowest BCUT2D eigenvalue weighted by Gasteiger charge is -2.46. The normalized spacial score (nSPS) is 16.6. The number of benzene rings is 11. The smallest absolute Gasteiger partial charge is 0.264 e. The molecule has 6 aliphatic rings. The van der Waals surface area contributed by atoms with E-state index in [2.05, 4.69) is 346 Å². The Bertz CT molecular complexity index is 5900. The molecule has 2 unspecified atom stereocenters. The molecule has 496 valence electrons. The first-order chi connectivity index (χ1) is 50.4. The molecule has 0 fully saturated rings. The van der Waals surface area contributed by atoms with E-state index in [1.54, 1.807) is 0 Å². The molecule has 0 N–H and O–H groups in total. The van der Waals surface area contributed by atoms with Crippen molar-refractivity contribution in [2.75, 3.05) is 9.80 Å². The van der Waals surface area contributed by atoms with Crippen LogP contribution in [0.5, 0.6) is 0 Å². The lowest BCUT2D eigenvalue weighted by Crippen LogP contribution is -2.60. The van der Waals surface area contributed by atoms with Crippen LogP contribution in [-0.2, 0) is 28.1 Å². The van der Waals surface area contributed by atoms with Gasteiger partial charge >= 0.3 is 0 Å². The molecule has 11 aromatic carbocycles. The average molecular weight is 1340 g/mol. The average Bonchev–Trinajstić information content (AvgIpc) is 1.67. The fourth-order valence-corrected chi connectivity index (χ4v) is 18.9. The molecule has 5 heteroatoms. The van der Waals surface area contributed by atoms with Gasteiger partial charge in [-0.3, -0.25) is 0 Å². The molecule has 2 aromatic heterocycles. The highest BCUT2D eigenvalue weighted by Gasteiger charge is 2.49. The molecular weight excluding hydrogens is 1250 g/mol. The second-order valence-corrected chi connectivity index (χ2v) is 34.4. The van der Waals surface area contributed by atoms with E-state index < -0.39 is 12.1 Å². The highest BCUT2D eigenvalue weighted by molar-refractivity contribution is 7.33. The molecule has 13 aromatic rings. The zero-order valence-corrected chi connectivity index (χ0v) is 61.2. The minimum absolute atomic E-state index is 0.00730. The Balaban J connectivity index is 1.01. The predicted molar refractivity (Wildman–Crippen MR) is 439 cm³/mol. The molecule has 3 nitrogen and oxygen atoms in total. The zero-order valence-electron chi connectivity index (χ0n) is 63.4. The van der Waals surface area contributed by atoms with Crippen LogP contribution in [0, 0.1) is 0 Å². The Morgan fingerprint density at radius 2 is 1.01 bits per heavy atom. The van der Waals surface area contributed by atoms with Crippen LogP contribution in [0.1, 0.15) is 155 Å². The number of nitrogens with zero attached hydrogens (tertiary/aromatic N) is 3. The lowest BCUT2D eigenvalue weighted by atomic mass is 9.36. The van der Waals surface area contributed by atoms with Crippen LogP contribution < -0.4 is 25.5 Å². The number of para-hydroxylation sites is 1. The summed E-state index contributed by atoms with van der Waals surface area (Å²) >= 11 is 1.82. The fraction of sp³-hybridized carbons (Fsp3) is 0.196. The number of anilines is 6. The first-order valence-corrected chi connectivity index (χ1v) is 37.4. The van der Waals surface area contributed by atoms with Crippen molar-refractivity contribution in [1.29, 1.82) is 0 Å². The molecule has 4 heterocycles. The maximum Gasteiger partial charge on any atom is 0.264 e. The Hall–Kier alpha value is -10.5. The highest BCUT2D eigenvalue weighted by atomic mass is 32.1. The summed E-state index contributed by atoms with van der Waals surface area (Å²) in [6.45, 7) is 27.2. The van der Waals surface area contributed by atoms with Gasteiger partial charge in [0, 0.05) is 88.3 Å². The SMILES string of the molecule is [2H]c1c([2H])c(-n2c3c(c4ccccc42)C=C2C=C4C=CCc5ccc6c(c54)C2C3C=C6)c([2H])c2c1B1c3sc4cc(C(C)(C)C)ccc4c3N(c3c(-c4ccccc4)cc(C(C)(C)C)cc3-c3ccccc3)c3cc(C(C)(C)C)cc(c31)N2c1c(-c2ccccc2)cc(C(C)(C)C)cc1-c1ccccc1. The molecule has 2 atom stereocenters. The van der Waals surface area contributed by atoms with Gasteiger partial charge in [-0.2, -0.15) is 0 Å². The number of allylic oxidation sites excluding steroid dienone is 6. The third kappa shape index (κ3) is 9.59. The van der Waals surface area contributed by atoms with E-state index in [4.69, 9.17) is 0 Å². The van der Waals surface area contributed by atoms with Gasteiger partial charge in [0.25, 0.3) is 6.71 Å². The molecule has 4 aliphatic carbocycles. The number of aromatic nitrogens is 1. The summed E-state index contributed by atoms with van der Waals surface area (Å²) < 4.78 is 39.5. The minimum atomic E-state index is -0.614. The predicted octanol–water partition coefficient (Wildman–Crippen LogP) is 24.6. The van der Waals surface area contributed by atoms with Gasteiger partial charge in [0.2, 0.25) is 0 Å². The Labute approximate surface area is 610 Å². The van der Waals surface area contributed by atoms with E-state index in [0.717, 1.165) is 127 Å². The molecule has 0 amide bonds. The molecule has 0 radical (unpaired) electrons. The number of rotatable bonds is 7. The minimum Gasteiger partial charge on any atom is -0.312 e. The molecule has 2 aliphatic heterocycles. The summed E-state index contributed by atoms with van der Waals surface area (Å²) in [4.78, 5) is 5.12. The number of thiophene rings is 1. The van der Waals surface area contributed by atoms with Crippen molar-refractivity contribution in [3.63, 3.8) is 0 Å². The first kappa shape index (κ1) is 59.3. The third-order valence-electron chi connectivity index (χ3n) is 22.8. The van der Waals surface area contributed by atoms with E-state index >= 15 is 0 Å². The Kier molecular flexibility index (Phi) is 13.1. The van der Waals surface area contributed by atoms with Crippen molar-refractivity contribution in [3.05, 3.63) is 316 Å². The maximum absolute atomic E-state index is 12.0. The second kappa shape index (κ2) is 22.5. The summed E-state index contributed by atoms with van der Waals surface area (Å²) in [7, 11) is 0. The van der Waals surface area contributed by atoms with Crippen LogP contribution in [0.4, 0.5) is 34.1 Å².